The highest BCUT2D eigenvalue weighted by molar-refractivity contribution is 5.95. The maximum absolute atomic E-state index is 13.2. The van der Waals surface area contributed by atoms with Crippen LogP contribution in [0.5, 0.6) is 0 Å². The van der Waals surface area contributed by atoms with Gasteiger partial charge in [0, 0.05) is 0 Å². The SMILES string of the molecule is Cc1ccc(-n2ncc(C(=O)NCC(F)(F)CN)c2C(C)C)cc1. The number of benzene rings is 1. The average molecular weight is 336 g/mol. The van der Waals surface area contributed by atoms with E-state index in [9.17, 15) is 13.6 Å². The molecule has 7 heteroatoms. The summed E-state index contributed by atoms with van der Waals surface area (Å²) in [6.45, 7) is 4.22. The van der Waals surface area contributed by atoms with Crippen molar-refractivity contribution in [3.05, 3.63) is 47.3 Å². The van der Waals surface area contributed by atoms with E-state index in [1.807, 2.05) is 45.0 Å². The zero-order chi connectivity index (χ0) is 17.9. The van der Waals surface area contributed by atoms with Crippen molar-refractivity contribution >= 4 is 5.91 Å². The minimum absolute atomic E-state index is 0.00966. The number of hydrogen-bond donors (Lipinski definition) is 2. The van der Waals surface area contributed by atoms with E-state index >= 15 is 0 Å². The Morgan fingerprint density at radius 3 is 2.50 bits per heavy atom. The molecule has 0 aliphatic rings. The Bertz CT molecular complexity index is 708. The number of nitrogens with zero attached hydrogens (tertiary/aromatic N) is 2. The summed E-state index contributed by atoms with van der Waals surface area (Å²) < 4.78 is 28.1. The van der Waals surface area contributed by atoms with Gasteiger partial charge in [0.1, 0.15) is 0 Å². The number of hydrogen-bond acceptors (Lipinski definition) is 3. The summed E-state index contributed by atoms with van der Waals surface area (Å²) in [5, 5.41) is 6.50. The van der Waals surface area contributed by atoms with Crippen LogP contribution in [0.15, 0.2) is 30.5 Å². The van der Waals surface area contributed by atoms with Gasteiger partial charge in [0.25, 0.3) is 11.8 Å². The fraction of sp³-hybridized carbons (Fsp3) is 0.412. The molecule has 0 saturated carbocycles. The molecule has 5 nitrogen and oxygen atoms in total. The van der Waals surface area contributed by atoms with Gasteiger partial charge >= 0.3 is 0 Å². The number of carbonyl (C=O) groups is 1. The highest BCUT2D eigenvalue weighted by Gasteiger charge is 2.29. The zero-order valence-electron chi connectivity index (χ0n) is 14.0. The van der Waals surface area contributed by atoms with Crippen molar-refractivity contribution < 1.29 is 13.6 Å². The number of aryl methyl sites for hydroxylation is 1. The number of nitrogens with two attached hydrogens (primary N) is 1. The molecule has 0 saturated heterocycles. The van der Waals surface area contributed by atoms with Crippen LogP contribution in [0, 0.1) is 6.92 Å². The second kappa shape index (κ2) is 7.09. The molecule has 2 rings (SSSR count). The van der Waals surface area contributed by atoms with E-state index in [0.29, 0.717) is 11.3 Å². The van der Waals surface area contributed by atoms with Gasteiger partial charge in [0.2, 0.25) is 0 Å². The van der Waals surface area contributed by atoms with Crippen LogP contribution >= 0.6 is 0 Å². The third-order valence-electron chi connectivity index (χ3n) is 3.68. The minimum Gasteiger partial charge on any atom is -0.346 e. The predicted molar refractivity (Wildman–Crippen MR) is 88.7 cm³/mol. The molecular formula is C17H22F2N4O. The second-order valence-electron chi connectivity index (χ2n) is 6.09. The van der Waals surface area contributed by atoms with Crippen molar-refractivity contribution in [1.82, 2.24) is 15.1 Å². The Hall–Kier alpha value is -2.28. The van der Waals surface area contributed by atoms with Gasteiger partial charge in [-0.2, -0.15) is 5.10 Å². The first-order chi connectivity index (χ1) is 11.2. The standard InChI is InChI=1S/C17H22F2N4O/c1-11(2)15-14(16(24)21-10-17(18,19)9-20)8-22-23(15)13-6-4-12(3)5-7-13/h4-8,11H,9-10,20H2,1-3H3,(H,21,24). The molecule has 0 unspecified atom stereocenters. The first-order valence-corrected chi connectivity index (χ1v) is 7.76. The van der Waals surface area contributed by atoms with Crippen molar-refractivity contribution in [2.24, 2.45) is 5.73 Å². The van der Waals surface area contributed by atoms with Gasteiger partial charge in [-0.1, -0.05) is 31.5 Å². The fourth-order valence-corrected chi connectivity index (χ4v) is 2.36. The maximum atomic E-state index is 13.2. The summed E-state index contributed by atoms with van der Waals surface area (Å²) in [5.41, 5.74) is 7.87. The second-order valence-corrected chi connectivity index (χ2v) is 6.09. The van der Waals surface area contributed by atoms with E-state index in [-0.39, 0.29) is 5.92 Å². The zero-order valence-corrected chi connectivity index (χ0v) is 14.0. The van der Waals surface area contributed by atoms with E-state index < -0.39 is 24.9 Å². The van der Waals surface area contributed by atoms with Gasteiger partial charge in [-0.15, -0.1) is 0 Å². The molecular weight excluding hydrogens is 314 g/mol. The summed E-state index contributed by atoms with van der Waals surface area (Å²) in [6.07, 6.45) is 1.41. The Kier molecular flexibility index (Phi) is 5.33. The predicted octanol–water partition coefficient (Wildman–Crippen LogP) is 2.63. The third-order valence-corrected chi connectivity index (χ3v) is 3.68. The molecule has 0 aliphatic carbocycles. The number of aromatic nitrogens is 2. The van der Waals surface area contributed by atoms with E-state index in [1.165, 1.54) is 6.20 Å². The lowest BCUT2D eigenvalue weighted by atomic mass is 10.0. The lowest BCUT2D eigenvalue weighted by Gasteiger charge is -2.16. The van der Waals surface area contributed by atoms with E-state index in [4.69, 9.17) is 5.73 Å². The topological polar surface area (TPSA) is 72.9 Å². The van der Waals surface area contributed by atoms with Gasteiger partial charge in [-0.05, 0) is 25.0 Å². The van der Waals surface area contributed by atoms with Gasteiger partial charge in [0.05, 0.1) is 36.2 Å². The van der Waals surface area contributed by atoms with Gasteiger partial charge in [0.15, 0.2) is 0 Å². The molecule has 130 valence electrons. The molecule has 0 aliphatic heterocycles. The van der Waals surface area contributed by atoms with Crippen LogP contribution in [-0.2, 0) is 0 Å². The van der Waals surface area contributed by atoms with E-state index in [0.717, 1.165) is 11.3 Å². The molecule has 1 amide bonds. The quantitative estimate of drug-likeness (QED) is 0.852. The Morgan fingerprint density at radius 1 is 1.33 bits per heavy atom. The fourth-order valence-electron chi connectivity index (χ4n) is 2.36. The van der Waals surface area contributed by atoms with Crippen molar-refractivity contribution in [3.8, 4) is 5.69 Å². The number of nitrogens with one attached hydrogen (secondary N) is 1. The molecule has 0 spiro atoms. The van der Waals surface area contributed by atoms with Crippen LogP contribution in [0.1, 0.15) is 41.4 Å². The summed E-state index contributed by atoms with van der Waals surface area (Å²) in [7, 11) is 0. The first-order valence-electron chi connectivity index (χ1n) is 7.76. The van der Waals surface area contributed by atoms with Crippen molar-refractivity contribution in [2.75, 3.05) is 13.1 Å². The maximum Gasteiger partial charge on any atom is 0.277 e. The van der Waals surface area contributed by atoms with Crippen molar-refractivity contribution in [2.45, 2.75) is 32.6 Å². The van der Waals surface area contributed by atoms with Crippen LogP contribution < -0.4 is 11.1 Å². The number of halogens is 2. The van der Waals surface area contributed by atoms with Crippen LogP contribution in [0.4, 0.5) is 8.78 Å². The number of alkyl halides is 2. The van der Waals surface area contributed by atoms with Crippen LogP contribution in [0.2, 0.25) is 0 Å². The van der Waals surface area contributed by atoms with Crippen LogP contribution in [-0.4, -0.2) is 34.7 Å². The summed E-state index contributed by atoms with van der Waals surface area (Å²) in [5.74, 6) is -3.71. The molecule has 1 aromatic heterocycles. The number of carbonyl (C=O) groups excluding carboxylic acids is 1. The van der Waals surface area contributed by atoms with E-state index in [1.54, 1.807) is 4.68 Å². The van der Waals surface area contributed by atoms with Crippen LogP contribution in [0.25, 0.3) is 5.69 Å². The summed E-state index contributed by atoms with van der Waals surface area (Å²) >= 11 is 0. The van der Waals surface area contributed by atoms with Gasteiger partial charge in [-0.3, -0.25) is 4.79 Å². The molecule has 24 heavy (non-hydrogen) atoms. The van der Waals surface area contributed by atoms with Crippen molar-refractivity contribution in [3.63, 3.8) is 0 Å². The molecule has 0 radical (unpaired) electrons. The number of amides is 1. The van der Waals surface area contributed by atoms with Gasteiger partial charge in [-0.25, -0.2) is 13.5 Å². The molecule has 1 aromatic carbocycles. The normalized spacial score (nSPS) is 11.8. The average Bonchev–Trinajstić information content (AvgIpc) is 2.98. The van der Waals surface area contributed by atoms with Gasteiger partial charge < -0.3 is 11.1 Å². The number of rotatable bonds is 6. The van der Waals surface area contributed by atoms with E-state index in [2.05, 4.69) is 10.4 Å². The largest absolute Gasteiger partial charge is 0.346 e. The lowest BCUT2D eigenvalue weighted by molar-refractivity contribution is 0.0118. The highest BCUT2D eigenvalue weighted by Crippen LogP contribution is 2.23. The molecule has 0 bridgehead atoms. The molecule has 1 heterocycles. The third kappa shape index (κ3) is 3.97. The first kappa shape index (κ1) is 18.1. The molecule has 2 aromatic rings. The smallest absolute Gasteiger partial charge is 0.277 e. The lowest BCUT2D eigenvalue weighted by Crippen LogP contribution is -2.41. The molecule has 0 atom stereocenters. The Morgan fingerprint density at radius 2 is 1.96 bits per heavy atom. The monoisotopic (exact) mass is 336 g/mol. The summed E-state index contributed by atoms with van der Waals surface area (Å²) in [4.78, 5) is 12.3. The Labute approximate surface area is 139 Å². The highest BCUT2D eigenvalue weighted by atomic mass is 19.3. The molecule has 3 N–H and O–H groups in total. The minimum atomic E-state index is -3.12. The summed E-state index contributed by atoms with van der Waals surface area (Å²) in [6, 6.07) is 7.70. The molecule has 0 fully saturated rings. The Balaban J connectivity index is 2.31. The van der Waals surface area contributed by atoms with Crippen LogP contribution in [0.3, 0.4) is 0 Å². The van der Waals surface area contributed by atoms with Crippen molar-refractivity contribution in [1.29, 1.82) is 0 Å².